The second-order valence-corrected chi connectivity index (χ2v) is 6.49. The van der Waals surface area contributed by atoms with Crippen molar-refractivity contribution in [1.29, 1.82) is 0 Å². The third-order valence-corrected chi connectivity index (χ3v) is 3.88. The molecule has 0 heterocycles. The number of nitrogens with two attached hydrogens (primary N) is 1. The monoisotopic (exact) mass is 311 g/mol. The highest BCUT2D eigenvalue weighted by atomic mass is 35.5. The molecule has 0 saturated heterocycles. The van der Waals surface area contributed by atoms with Crippen LogP contribution in [0.15, 0.2) is 18.2 Å². The minimum absolute atomic E-state index is 0.102. The minimum atomic E-state index is -3.49. The van der Waals surface area contributed by atoms with Gasteiger partial charge in [0.15, 0.2) is 0 Å². The average Bonchev–Trinajstić information content (AvgIpc) is 2.24. The van der Waals surface area contributed by atoms with Crippen molar-refractivity contribution < 1.29 is 13.2 Å². The van der Waals surface area contributed by atoms with Gasteiger partial charge in [0.1, 0.15) is 5.75 Å². The summed E-state index contributed by atoms with van der Waals surface area (Å²) < 4.78 is 27.5. The van der Waals surface area contributed by atoms with Crippen molar-refractivity contribution >= 4 is 33.2 Å². The van der Waals surface area contributed by atoms with Crippen LogP contribution in [0.1, 0.15) is 13.3 Å². The van der Waals surface area contributed by atoms with Gasteiger partial charge in [-0.1, -0.05) is 30.1 Å². The van der Waals surface area contributed by atoms with Crippen LogP contribution in [-0.2, 0) is 10.0 Å². The first-order chi connectivity index (χ1) is 8.31. The minimum Gasteiger partial charge on any atom is -0.492 e. The van der Waals surface area contributed by atoms with Gasteiger partial charge in [0.05, 0.1) is 17.4 Å². The van der Waals surface area contributed by atoms with Crippen molar-refractivity contribution in [2.45, 2.75) is 13.3 Å². The summed E-state index contributed by atoms with van der Waals surface area (Å²) >= 11 is 11.7. The van der Waals surface area contributed by atoms with Crippen LogP contribution in [-0.4, -0.2) is 20.8 Å². The average molecular weight is 312 g/mol. The van der Waals surface area contributed by atoms with E-state index < -0.39 is 10.0 Å². The highest BCUT2D eigenvalue weighted by Crippen LogP contribution is 2.28. The molecule has 0 saturated carbocycles. The molecule has 1 aromatic rings. The van der Waals surface area contributed by atoms with E-state index in [9.17, 15) is 8.42 Å². The van der Waals surface area contributed by atoms with Gasteiger partial charge in [-0.3, -0.25) is 0 Å². The third kappa shape index (κ3) is 5.44. The summed E-state index contributed by atoms with van der Waals surface area (Å²) in [6.45, 7) is 2.12. The van der Waals surface area contributed by atoms with E-state index in [1.807, 2.05) is 6.92 Å². The van der Waals surface area contributed by atoms with E-state index in [1.165, 1.54) is 0 Å². The first-order valence-corrected chi connectivity index (χ1v) is 7.87. The Kier molecular flexibility index (Phi) is 5.72. The molecule has 1 aromatic carbocycles. The molecule has 0 spiro atoms. The molecule has 0 amide bonds. The van der Waals surface area contributed by atoms with Crippen LogP contribution in [0.3, 0.4) is 0 Å². The molecule has 1 rings (SSSR count). The van der Waals surface area contributed by atoms with Gasteiger partial charge in [-0.25, -0.2) is 13.6 Å². The molecule has 0 aliphatic carbocycles. The molecule has 0 bridgehead atoms. The second-order valence-electron chi connectivity index (χ2n) is 3.99. The summed E-state index contributed by atoms with van der Waals surface area (Å²) in [6, 6.07) is 4.87. The number of halogens is 2. The maximum absolute atomic E-state index is 11.0. The van der Waals surface area contributed by atoms with Gasteiger partial charge in [0.25, 0.3) is 0 Å². The van der Waals surface area contributed by atoms with Gasteiger partial charge < -0.3 is 4.74 Å². The number of rotatable bonds is 6. The predicted octanol–water partition coefficient (Wildman–Crippen LogP) is 2.69. The summed E-state index contributed by atoms with van der Waals surface area (Å²) in [5, 5.41) is 5.92. The summed E-state index contributed by atoms with van der Waals surface area (Å²) in [5.74, 6) is 0.218. The fourth-order valence-electron chi connectivity index (χ4n) is 1.41. The molecule has 0 aromatic heterocycles. The van der Waals surface area contributed by atoms with Crippen LogP contribution in [0.25, 0.3) is 0 Å². The van der Waals surface area contributed by atoms with Gasteiger partial charge >= 0.3 is 0 Å². The second kappa shape index (κ2) is 6.61. The standard InChI is InChI=1S/C11H15Cl2NO3S/c1-2-8(7-18(14,15)16)6-17-11-4-3-9(12)5-10(11)13/h3-5,8H,2,6-7H2,1H3,(H2,14,15,16). The number of sulfonamides is 1. The molecule has 7 heteroatoms. The van der Waals surface area contributed by atoms with Crippen molar-refractivity contribution in [2.24, 2.45) is 11.1 Å². The smallest absolute Gasteiger partial charge is 0.209 e. The lowest BCUT2D eigenvalue weighted by Crippen LogP contribution is -2.26. The Morgan fingerprint density at radius 2 is 2.06 bits per heavy atom. The molecule has 18 heavy (non-hydrogen) atoms. The van der Waals surface area contributed by atoms with Gasteiger partial charge in [0.2, 0.25) is 10.0 Å². The zero-order chi connectivity index (χ0) is 13.8. The fraction of sp³-hybridized carbons (Fsp3) is 0.455. The van der Waals surface area contributed by atoms with E-state index in [0.717, 1.165) is 0 Å². The van der Waals surface area contributed by atoms with Crippen LogP contribution in [0.5, 0.6) is 5.75 Å². The Morgan fingerprint density at radius 1 is 1.39 bits per heavy atom. The first kappa shape index (κ1) is 15.6. The zero-order valence-corrected chi connectivity index (χ0v) is 12.2. The van der Waals surface area contributed by atoms with Crippen LogP contribution in [0.2, 0.25) is 10.0 Å². The van der Waals surface area contributed by atoms with Gasteiger partial charge in [-0.15, -0.1) is 0 Å². The Morgan fingerprint density at radius 3 is 2.56 bits per heavy atom. The largest absolute Gasteiger partial charge is 0.492 e. The SMILES string of the molecule is CCC(COc1ccc(Cl)cc1Cl)CS(N)(=O)=O. The van der Waals surface area contributed by atoms with E-state index in [1.54, 1.807) is 18.2 Å². The molecule has 0 aliphatic rings. The fourth-order valence-corrected chi connectivity index (χ4v) is 2.86. The van der Waals surface area contributed by atoms with Crippen molar-refractivity contribution in [3.63, 3.8) is 0 Å². The third-order valence-electron chi connectivity index (χ3n) is 2.41. The summed E-state index contributed by atoms with van der Waals surface area (Å²) in [4.78, 5) is 0. The Bertz CT molecular complexity index is 505. The highest BCUT2D eigenvalue weighted by molar-refractivity contribution is 7.89. The Balaban J connectivity index is 2.62. The maximum atomic E-state index is 11.0. The van der Waals surface area contributed by atoms with Crippen molar-refractivity contribution in [1.82, 2.24) is 0 Å². The van der Waals surface area contributed by atoms with E-state index in [2.05, 4.69) is 0 Å². The van der Waals surface area contributed by atoms with Crippen LogP contribution in [0.4, 0.5) is 0 Å². The number of hydrogen-bond acceptors (Lipinski definition) is 3. The van der Waals surface area contributed by atoms with E-state index in [-0.39, 0.29) is 18.3 Å². The molecule has 0 fully saturated rings. The molecule has 0 radical (unpaired) electrons. The molecule has 1 unspecified atom stereocenters. The predicted molar refractivity (Wildman–Crippen MR) is 73.7 cm³/mol. The summed E-state index contributed by atoms with van der Waals surface area (Å²) in [5.41, 5.74) is 0. The van der Waals surface area contributed by atoms with Gasteiger partial charge in [-0.05, 0) is 24.6 Å². The van der Waals surface area contributed by atoms with Crippen LogP contribution >= 0.6 is 23.2 Å². The lowest BCUT2D eigenvalue weighted by atomic mass is 10.1. The molecule has 4 nitrogen and oxygen atoms in total. The molecular weight excluding hydrogens is 297 g/mol. The lowest BCUT2D eigenvalue weighted by Gasteiger charge is -2.15. The molecule has 1 atom stereocenters. The molecular formula is C11H15Cl2NO3S. The van der Waals surface area contributed by atoms with Crippen LogP contribution < -0.4 is 9.88 Å². The highest BCUT2D eigenvalue weighted by Gasteiger charge is 2.15. The normalized spacial score (nSPS) is 13.3. The Hall–Kier alpha value is -0.490. The number of primary sulfonamides is 1. The Labute approximate surface area is 117 Å². The van der Waals surface area contributed by atoms with E-state index in [0.29, 0.717) is 22.2 Å². The van der Waals surface area contributed by atoms with Crippen molar-refractivity contribution in [3.8, 4) is 5.75 Å². The lowest BCUT2D eigenvalue weighted by molar-refractivity contribution is 0.258. The number of hydrogen-bond donors (Lipinski definition) is 1. The van der Waals surface area contributed by atoms with E-state index >= 15 is 0 Å². The van der Waals surface area contributed by atoms with Gasteiger partial charge in [0, 0.05) is 10.9 Å². The quantitative estimate of drug-likeness (QED) is 0.878. The van der Waals surface area contributed by atoms with Crippen molar-refractivity contribution in [3.05, 3.63) is 28.2 Å². The zero-order valence-electron chi connectivity index (χ0n) is 9.90. The molecule has 0 aliphatic heterocycles. The van der Waals surface area contributed by atoms with Gasteiger partial charge in [-0.2, -0.15) is 0 Å². The summed E-state index contributed by atoms with van der Waals surface area (Å²) in [6.07, 6.45) is 0.654. The molecule has 2 N–H and O–H groups in total. The maximum Gasteiger partial charge on any atom is 0.209 e. The first-order valence-electron chi connectivity index (χ1n) is 5.40. The number of ether oxygens (including phenoxy) is 1. The van der Waals surface area contributed by atoms with E-state index in [4.69, 9.17) is 33.1 Å². The molecule has 102 valence electrons. The van der Waals surface area contributed by atoms with Crippen LogP contribution in [0, 0.1) is 5.92 Å². The topological polar surface area (TPSA) is 69.4 Å². The number of benzene rings is 1. The summed E-state index contributed by atoms with van der Waals surface area (Å²) in [7, 11) is -3.49. The van der Waals surface area contributed by atoms with Crippen molar-refractivity contribution in [2.75, 3.05) is 12.4 Å².